The largest absolute Gasteiger partial charge is 0.394 e. The molecule has 3 saturated heterocycles. The standard InChI is InChI=1S/C29H39N3O5/c1-5-8-18-30(16-6-2)28(36)25-29-15-14-22(37-29)23(24(29)27(35)32(25)20(4)19-33)26(34)31(17-7-3)21-12-10-9-11-13-21/h6-7,9-13,20,22-25,33H,2-3,5,8,14-19H2,1,4H3/t20-,22+,23-,24+,25?,29?/m1/s1. The van der Waals surface area contributed by atoms with Gasteiger partial charge >= 0.3 is 0 Å². The molecule has 1 N–H and O–H groups in total. The van der Waals surface area contributed by atoms with Crippen LogP contribution >= 0.6 is 0 Å². The molecular formula is C29H39N3O5. The van der Waals surface area contributed by atoms with Gasteiger partial charge in [-0.25, -0.2) is 0 Å². The molecule has 2 bridgehead atoms. The Morgan fingerprint density at radius 1 is 1.22 bits per heavy atom. The fraction of sp³-hybridized carbons (Fsp3) is 0.552. The van der Waals surface area contributed by atoms with Gasteiger partial charge in [0.2, 0.25) is 17.7 Å². The molecule has 3 aliphatic rings. The first kappa shape index (κ1) is 27.1. The van der Waals surface area contributed by atoms with Crippen LogP contribution in [-0.4, -0.2) is 82.7 Å². The first-order chi connectivity index (χ1) is 17.9. The van der Waals surface area contributed by atoms with Crippen LogP contribution in [-0.2, 0) is 19.1 Å². The minimum absolute atomic E-state index is 0.199. The number of anilines is 1. The van der Waals surface area contributed by atoms with Crippen molar-refractivity contribution in [2.24, 2.45) is 11.8 Å². The fourth-order valence-corrected chi connectivity index (χ4v) is 6.42. The molecular weight excluding hydrogens is 470 g/mol. The third kappa shape index (κ3) is 4.50. The molecule has 0 saturated carbocycles. The van der Waals surface area contributed by atoms with Crippen molar-refractivity contribution in [3.05, 3.63) is 55.6 Å². The maximum absolute atomic E-state index is 14.1. The van der Waals surface area contributed by atoms with Crippen LogP contribution in [0.25, 0.3) is 0 Å². The van der Waals surface area contributed by atoms with Gasteiger partial charge in [-0.2, -0.15) is 0 Å². The zero-order valence-corrected chi connectivity index (χ0v) is 21.9. The van der Waals surface area contributed by atoms with Gasteiger partial charge in [0.25, 0.3) is 0 Å². The summed E-state index contributed by atoms with van der Waals surface area (Å²) in [5, 5.41) is 10.0. The lowest BCUT2D eigenvalue weighted by atomic mass is 9.70. The monoisotopic (exact) mass is 509 g/mol. The third-order valence-corrected chi connectivity index (χ3v) is 8.08. The number of carbonyl (C=O) groups is 3. The quantitative estimate of drug-likeness (QED) is 0.438. The van der Waals surface area contributed by atoms with Gasteiger partial charge in [-0.05, 0) is 38.3 Å². The van der Waals surface area contributed by atoms with Crippen LogP contribution in [0.1, 0.15) is 39.5 Å². The predicted octanol–water partition coefficient (Wildman–Crippen LogP) is 2.78. The van der Waals surface area contributed by atoms with Gasteiger partial charge in [0.1, 0.15) is 11.6 Å². The van der Waals surface area contributed by atoms with E-state index in [1.165, 1.54) is 4.90 Å². The normalized spacial score (nSPS) is 28.6. The zero-order chi connectivity index (χ0) is 26.7. The maximum atomic E-state index is 14.1. The van der Waals surface area contributed by atoms with Gasteiger partial charge in [-0.3, -0.25) is 14.4 Å². The molecule has 0 radical (unpaired) electrons. The molecule has 0 aromatic heterocycles. The third-order valence-electron chi connectivity index (χ3n) is 8.08. The number of aliphatic hydroxyl groups excluding tert-OH is 1. The van der Waals surface area contributed by atoms with Crippen molar-refractivity contribution in [1.82, 2.24) is 9.80 Å². The number of fused-ring (bicyclic) bond motifs is 1. The summed E-state index contributed by atoms with van der Waals surface area (Å²) >= 11 is 0. The highest BCUT2D eigenvalue weighted by atomic mass is 16.5. The van der Waals surface area contributed by atoms with Gasteiger partial charge in [0.15, 0.2) is 0 Å². The Hall–Kier alpha value is -2.97. The Morgan fingerprint density at radius 2 is 1.92 bits per heavy atom. The molecule has 4 rings (SSSR count). The van der Waals surface area contributed by atoms with Crippen LogP contribution in [0.4, 0.5) is 5.69 Å². The number of hydrogen-bond acceptors (Lipinski definition) is 5. The smallest absolute Gasteiger partial charge is 0.248 e. The molecule has 8 nitrogen and oxygen atoms in total. The number of likely N-dealkylation sites (tertiary alicyclic amines) is 1. The highest BCUT2D eigenvalue weighted by Crippen LogP contribution is 2.59. The van der Waals surface area contributed by atoms with Crippen LogP contribution in [0.3, 0.4) is 0 Å². The SMILES string of the molecule is C=CCN(CCCC)C(=O)C1N([C@H](C)CO)C(=O)[C@@H]2[C@H](C(=O)N(CC=C)c3ccccc3)[C@@H]3CCC12O3. The summed E-state index contributed by atoms with van der Waals surface area (Å²) in [5.74, 6) is -2.19. The molecule has 0 aliphatic carbocycles. The summed E-state index contributed by atoms with van der Waals surface area (Å²) in [5.41, 5.74) is -0.371. The molecule has 6 atom stereocenters. The van der Waals surface area contributed by atoms with Crippen LogP contribution in [0.5, 0.6) is 0 Å². The number of unbranched alkanes of at least 4 members (excludes halogenated alkanes) is 1. The van der Waals surface area contributed by atoms with Gasteiger partial charge in [0.05, 0.1) is 30.6 Å². The maximum Gasteiger partial charge on any atom is 0.248 e. The molecule has 3 fully saturated rings. The first-order valence-electron chi connectivity index (χ1n) is 13.3. The van der Waals surface area contributed by atoms with Crippen molar-refractivity contribution in [3.8, 4) is 0 Å². The number of amides is 3. The van der Waals surface area contributed by atoms with Gasteiger partial charge in [-0.1, -0.05) is 43.7 Å². The molecule has 2 unspecified atom stereocenters. The number of para-hydroxylation sites is 1. The second-order valence-corrected chi connectivity index (χ2v) is 10.3. The van der Waals surface area contributed by atoms with Crippen molar-refractivity contribution in [1.29, 1.82) is 0 Å². The van der Waals surface area contributed by atoms with Crippen molar-refractivity contribution in [3.63, 3.8) is 0 Å². The van der Waals surface area contributed by atoms with E-state index in [1.807, 2.05) is 30.3 Å². The van der Waals surface area contributed by atoms with E-state index in [9.17, 15) is 19.5 Å². The predicted molar refractivity (Wildman–Crippen MR) is 142 cm³/mol. The summed E-state index contributed by atoms with van der Waals surface area (Å²) < 4.78 is 6.55. The number of rotatable bonds is 12. The Labute approximate surface area is 219 Å². The molecule has 1 aromatic rings. The molecule has 3 aliphatic heterocycles. The van der Waals surface area contributed by atoms with Crippen molar-refractivity contribution < 1.29 is 24.2 Å². The lowest BCUT2D eigenvalue weighted by Crippen LogP contribution is -2.58. The highest BCUT2D eigenvalue weighted by molar-refractivity contribution is 6.03. The second-order valence-electron chi connectivity index (χ2n) is 10.3. The molecule has 1 aromatic carbocycles. The first-order valence-corrected chi connectivity index (χ1v) is 13.3. The topological polar surface area (TPSA) is 90.4 Å². The van der Waals surface area contributed by atoms with Crippen molar-refractivity contribution in [2.75, 3.05) is 31.1 Å². The number of nitrogens with zero attached hydrogens (tertiary/aromatic N) is 3. The Bertz CT molecular complexity index is 1030. The average molecular weight is 510 g/mol. The molecule has 200 valence electrons. The lowest BCUT2D eigenvalue weighted by Gasteiger charge is -2.38. The van der Waals surface area contributed by atoms with Crippen LogP contribution in [0.2, 0.25) is 0 Å². The highest BCUT2D eigenvalue weighted by Gasteiger charge is 2.75. The minimum Gasteiger partial charge on any atom is -0.394 e. The average Bonchev–Trinajstić information content (AvgIpc) is 3.56. The minimum atomic E-state index is -1.09. The summed E-state index contributed by atoms with van der Waals surface area (Å²) in [7, 11) is 0. The molecule has 8 heteroatoms. The van der Waals surface area contributed by atoms with E-state index in [4.69, 9.17) is 4.74 Å². The zero-order valence-electron chi connectivity index (χ0n) is 21.9. The number of aliphatic hydroxyl groups is 1. The number of hydrogen-bond donors (Lipinski definition) is 1. The van der Waals surface area contributed by atoms with E-state index >= 15 is 0 Å². The number of benzene rings is 1. The van der Waals surface area contributed by atoms with Crippen LogP contribution in [0.15, 0.2) is 55.6 Å². The number of ether oxygens (including phenoxy) is 1. The van der Waals surface area contributed by atoms with E-state index in [-0.39, 0.29) is 24.3 Å². The van der Waals surface area contributed by atoms with E-state index in [0.29, 0.717) is 32.5 Å². The van der Waals surface area contributed by atoms with E-state index in [0.717, 1.165) is 18.5 Å². The molecule has 3 amide bonds. The van der Waals surface area contributed by atoms with Crippen molar-refractivity contribution in [2.45, 2.75) is 63.3 Å². The Kier molecular flexibility index (Phi) is 8.19. The molecule has 1 spiro atoms. The lowest BCUT2D eigenvalue weighted by molar-refractivity contribution is -0.150. The summed E-state index contributed by atoms with van der Waals surface area (Å²) in [6.45, 7) is 12.3. The van der Waals surface area contributed by atoms with Crippen LogP contribution in [0, 0.1) is 11.8 Å². The fourth-order valence-electron chi connectivity index (χ4n) is 6.42. The second kappa shape index (κ2) is 11.2. The van der Waals surface area contributed by atoms with Crippen LogP contribution < -0.4 is 4.90 Å². The summed E-state index contributed by atoms with van der Waals surface area (Å²) in [6.07, 6.45) is 5.77. The van der Waals surface area contributed by atoms with E-state index < -0.39 is 35.6 Å². The van der Waals surface area contributed by atoms with E-state index in [1.54, 1.807) is 28.9 Å². The molecule has 3 heterocycles. The van der Waals surface area contributed by atoms with E-state index in [2.05, 4.69) is 20.1 Å². The Balaban J connectivity index is 1.74. The Morgan fingerprint density at radius 3 is 2.54 bits per heavy atom. The van der Waals surface area contributed by atoms with Gasteiger partial charge in [-0.15, -0.1) is 13.2 Å². The van der Waals surface area contributed by atoms with Gasteiger partial charge in [0, 0.05) is 25.3 Å². The van der Waals surface area contributed by atoms with Crippen molar-refractivity contribution >= 4 is 23.4 Å². The molecule has 37 heavy (non-hydrogen) atoms. The van der Waals surface area contributed by atoms with Gasteiger partial charge < -0.3 is 24.5 Å². The summed E-state index contributed by atoms with van der Waals surface area (Å²) in [4.78, 5) is 47.1. The number of carbonyl (C=O) groups excluding carboxylic acids is 3. The summed E-state index contributed by atoms with van der Waals surface area (Å²) in [6, 6.07) is 7.84.